The van der Waals surface area contributed by atoms with Crippen LogP contribution in [0.2, 0.25) is 0 Å². The summed E-state index contributed by atoms with van der Waals surface area (Å²) in [7, 11) is 3.98. The minimum Gasteiger partial charge on any atom is -0.492 e. The number of carbonyl (C=O) groups is 2. The van der Waals surface area contributed by atoms with E-state index in [-0.39, 0.29) is 26.4 Å². The predicted molar refractivity (Wildman–Crippen MR) is 261 cm³/mol. The minimum absolute atomic E-state index is 0.220. The monoisotopic (exact) mass is 885 g/mol. The van der Waals surface area contributed by atoms with Crippen LogP contribution in [-0.4, -0.2) is 83.7 Å². The molecule has 0 spiro atoms. The fraction of sp³-hybridized carbons (Fsp3) is 0.218. The average Bonchev–Trinajstić information content (AvgIpc) is 3.36. The fourth-order valence-corrected chi connectivity index (χ4v) is 7.35. The number of ether oxygens (including phenoxy) is 6. The molecule has 0 N–H and O–H groups in total. The van der Waals surface area contributed by atoms with Crippen molar-refractivity contribution in [1.82, 2.24) is 4.98 Å². The summed E-state index contributed by atoms with van der Waals surface area (Å²) in [5.74, 6) is 3.19. The first kappa shape index (κ1) is 46.2. The van der Waals surface area contributed by atoms with Gasteiger partial charge in [-0.25, -0.2) is 14.6 Å². The van der Waals surface area contributed by atoms with E-state index in [1.165, 1.54) is 0 Å². The summed E-state index contributed by atoms with van der Waals surface area (Å²) >= 11 is 0. The number of anilines is 2. The van der Waals surface area contributed by atoms with Crippen molar-refractivity contribution in [3.63, 3.8) is 0 Å². The molecule has 0 amide bonds. The van der Waals surface area contributed by atoms with E-state index in [1.807, 2.05) is 178 Å². The number of likely N-dealkylation sites (N-methyl/N-ethyl adjacent to an activating group) is 2. The zero-order chi connectivity index (χ0) is 46.1. The van der Waals surface area contributed by atoms with Gasteiger partial charge in [0.25, 0.3) is 0 Å². The van der Waals surface area contributed by atoms with Crippen LogP contribution in [0.15, 0.2) is 164 Å². The van der Waals surface area contributed by atoms with E-state index < -0.39 is 11.9 Å². The quantitative estimate of drug-likeness (QED) is 0.0607. The number of rotatable bonds is 22. The van der Waals surface area contributed by atoms with Gasteiger partial charge in [0.05, 0.1) is 26.3 Å². The summed E-state index contributed by atoms with van der Waals surface area (Å²) in [4.78, 5) is 33.9. The van der Waals surface area contributed by atoms with Gasteiger partial charge < -0.3 is 38.2 Å². The molecule has 11 nitrogen and oxygen atoms in total. The van der Waals surface area contributed by atoms with Gasteiger partial charge >= 0.3 is 11.9 Å². The number of nitrogens with zero attached hydrogens (tertiary/aromatic N) is 3. The first-order valence-corrected chi connectivity index (χ1v) is 22.1. The van der Waals surface area contributed by atoms with Crippen LogP contribution in [0.25, 0.3) is 44.5 Å². The maximum absolute atomic E-state index is 12.4. The Morgan fingerprint density at radius 1 is 0.439 bits per heavy atom. The number of hydrogen-bond acceptors (Lipinski definition) is 11. The van der Waals surface area contributed by atoms with Crippen LogP contribution < -0.4 is 28.7 Å². The van der Waals surface area contributed by atoms with Gasteiger partial charge in [0, 0.05) is 36.3 Å². The SMILES string of the molecule is CCOC(=O)COc1c(-c2ccccc2)cc(OCCN(C)c2cccc(N(C)CCOc3cc(-c4ccccc4)c(OCC(=O)OCC)c(-c4ccccc4)c3)n2)cc1-c1ccccc1. The highest BCUT2D eigenvalue weighted by Gasteiger charge is 2.21. The number of carbonyl (C=O) groups excluding carboxylic acids is 2. The second kappa shape index (κ2) is 23.2. The molecule has 1 heterocycles. The number of benzene rings is 6. The van der Waals surface area contributed by atoms with Crippen molar-refractivity contribution in [2.45, 2.75) is 13.8 Å². The number of esters is 2. The Bertz CT molecular complexity index is 2350. The predicted octanol–water partition coefficient (Wildman–Crippen LogP) is 10.7. The Balaban J connectivity index is 1.04. The Kier molecular flexibility index (Phi) is 16.3. The van der Waals surface area contributed by atoms with Crippen LogP contribution in [-0.2, 0) is 19.1 Å². The summed E-state index contributed by atoms with van der Waals surface area (Å²) < 4.78 is 35.7. The zero-order valence-corrected chi connectivity index (χ0v) is 37.9. The standard InChI is InChI=1S/C55H55N3O8/c1-5-61-52(59)38-65-54-46(40-20-11-7-12-21-40)34-44(35-47(54)41-22-13-8-14-23-41)63-32-30-57(3)50-28-19-29-51(56-50)58(4)31-33-64-45-36-48(42-24-15-9-16-25-42)55(66-39-53(60)62-6-2)49(37-45)43-26-17-10-18-27-43/h7-29,34-37H,5-6,30-33,38-39H2,1-4H3. The lowest BCUT2D eigenvalue weighted by Crippen LogP contribution is -2.27. The molecular weight excluding hydrogens is 831 g/mol. The lowest BCUT2D eigenvalue weighted by molar-refractivity contribution is -0.146. The van der Waals surface area contributed by atoms with E-state index in [0.29, 0.717) is 49.3 Å². The smallest absolute Gasteiger partial charge is 0.344 e. The normalized spacial score (nSPS) is 10.7. The van der Waals surface area contributed by atoms with Crippen LogP contribution in [0.4, 0.5) is 11.6 Å². The molecule has 0 unspecified atom stereocenters. The van der Waals surface area contributed by atoms with Gasteiger partial charge in [-0.1, -0.05) is 127 Å². The fourth-order valence-electron chi connectivity index (χ4n) is 7.35. The molecule has 0 aliphatic carbocycles. The highest BCUT2D eigenvalue weighted by Crippen LogP contribution is 2.44. The van der Waals surface area contributed by atoms with E-state index in [9.17, 15) is 9.59 Å². The van der Waals surface area contributed by atoms with Crippen molar-refractivity contribution in [3.05, 3.63) is 164 Å². The van der Waals surface area contributed by atoms with Crippen molar-refractivity contribution in [3.8, 4) is 67.5 Å². The molecular formula is C55H55N3O8. The molecule has 0 radical (unpaired) electrons. The van der Waals surface area contributed by atoms with Crippen molar-refractivity contribution < 1.29 is 38.0 Å². The lowest BCUT2D eigenvalue weighted by Gasteiger charge is -2.23. The van der Waals surface area contributed by atoms with Gasteiger partial charge in [-0.2, -0.15) is 0 Å². The molecule has 0 saturated heterocycles. The molecule has 11 heteroatoms. The summed E-state index contributed by atoms with van der Waals surface area (Å²) in [5, 5.41) is 0. The maximum Gasteiger partial charge on any atom is 0.344 e. The third-order valence-electron chi connectivity index (χ3n) is 10.6. The second-order valence-electron chi connectivity index (χ2n) is 15.2. The molecule has 0 aliphatic heterocycles. The van der Waals surface area contributed by atoms with Gasteiger partial charge in [-0.3, -0.25) is 0 Å². The molecule has 0 atom stereocenters. The van der Waals surface area contributed by atoms with Gasteiger partial charge in [0.15, 0.2) is 13.2 Å². The summed E-state index contributed by atoms with van der Waals surface area (Å²) in [5.41, 5.74) is 6.92. The molecule has 66 heavy (non-hydrogen) atoms. The first-order valence-electron chi connectivity index (χ1n) is 22.1. The molecule has 1 aromatic heterocycles. The van der Waals surface area contributed by atoms with E-state index in [2.05, 4.69) is 9.80 Å². The van der Waals surface area contributed by atoms with Crippen LogP contribution in [0.1, 0.15) is 13.8 Å². The van der Waals surface area contributed by atoms with Crippen molar-refractivity contribution in [1.29, 1.82) is 0 Å². The summed E-state index contributed by atoms with van der Waals surface area (Å²) in [6.07, 6.45) is 0. The molecule has 0 saturated carbocycles. The van der Waals surface area contributed by atoms with Crippen LogP contribution in [0, 0.1) is 0 Å². The van der Waals surface area contributed by atoms with Gasteiger partial charge in [-0.15, -0.1) is 0 Å². The average molecular weight is 886 g/mol. The topological polar surface area (TPSA) is 109 Å². The molecule has 6 aromatic carbocycles. The minimum atomic E-state index is -0.436. The second-order valence-corrected chi connectivity index (χ2v) is 15.2. The van der Waals surface area contributed by atoms with Crippen LogP contribution in [0.5, 0.6) is 23.0 Å². The van der Waals surface area contributed by atoms with Crippen LogP contribution >= 0.6 is 0 Å². The van der Waals surface area contributed by atoms with Gasteiger partial charge in [0.1, 0.15) is 47.8 Å². The molecule has 0 fully saturated rings. The number of aromatic nitrogens is 1. The third-order valence-corrected chi connectivity index (χ3v) is 10.6. The number of hydrogen-bond donors (Lipinski definition) is 0. The first-order chi connectivity index (χ1) is 32.3. The Morgan fingerprint density at radius 2 is 0.758 bits per heavy atom. The van der Waals surface area contributed by atoms with E-state index in [4.69, 9.17) is 33.4 Å². The summed E-state index contributed by atoms with van der Waals surface area (Å²) in [6.45, 7) is 5.51. The van der Waals surface area contributed by atoms with E-state index in [1.54, 1.807) is 13.8 Å². The van der Waals surface area contributed by atoms with Gasteiger partial charge in [0.2, 0.25) is 0 Å². The molecule has 7 rings (SSSR count). The van der Waals surface area contributed by atoms with Crippen molar-refractivity contribution in [2.24, 2.45) is 0 Å². The zero-order valence-electron chi connectivity index (χ0n) is 37.9. The molecule has 7 aromatic rings. The third kappa shape index (κ3) is 12.3. The molecule has 338 valence electrons. The van der Waals surface area contributed by atoms with Crippen molar-refractivity contribution >= 4 is 23.6 Å². The Hall–Kier alpha value is -7.79. The highest BCUT2D eigenvalue weighted by molar-refractivity contribution is 5.86. The summed E-state index contributed by atoms with van der Waals surface area (Å²) in [6, 6.07) is 53.4. The van der Waals surface area contributed by atoms with Crippen LogP contribution in [0.3, 0.4) is 0 Å². The molecule has 0 aliphatic rings. The van der Waals surface area contributed by atoms with E-state index >= 15 is 0 Å². The van der Waals surface area contributed by atoms with Gasteiger partial charge in [-0.05, 0) is 72.5 Å². The highest BCUT2D eigenvalue weighted by atomic mass is 16.6. The Morgan fingerprint density at radius 3 is 1.06 bits per heavy atom. The Labute approximate surface area is 387 Å². The number of pyridine rings is 1. The maximum atomic E-state index is 12.4. The van der Waals surface area contributed by atoms with Crippen molar-refractivity contribution in [2.75, 3.05) is 76.6 Å². The van der Waals surface area contributed by atoms with E-state index in [0.717, 1.165) is 56.1 Å². The molecule has 0 bridgehead atoms. The largest absolute Gasteiger partial charge is 0.492 e. The lowest BCUT2D eigenvalue weighted by atomic mass is 9.96.